The van der Waals surface area contributed by atoms with Crippen molar-refractivity contribution in [1.29, 1.82) is 0 Å². The molecule has 1 heterocycles. The van der Waals surface area contributed by atoms with Crippen molar-refractivity contribution in [1.82, 2.24) is 10.2 Å². The number of hydrogen-bond donors (Lipinski definition) is 1. The van der Waals surface area contributed by atoms with Crippen LogP contribution in [0.15, 0.2) is 72.8 Å². The number of benzene rings is 3. The minimum Gasteiger partial charge on any atom is -0.544 e. The number of carbonyl (C=O) groups excluding carboxylic acids is 3. The van der Waals surface area contributed by atoms with Gasteiger partial charge in [0.2, 0.25) is 8.32 Å². The zero-order valence-electron chi connectivity index (χ0n) is 29.8. The molecule has 9 nitrogen and oxygen atoms in total. The first-order valence-electron chi connectivity index (χ1n) is 16.7. The van der Waals surface area contributed by atoms with Crippen LogP contribution in [0.3, 0.4) is 0 Å². The van der Waals surface area contributed by atoms with Gasteiger partial charge >= 0.3 is 12.1 Å². The molecule has 0 spiro atoms. The summed E-state index contributed by atoms with van der Waals surface area (Å²) in [6.45, 7) is 16.6. The fourth-order valence-corrected chi connectivity index (χ4v) is 6.03. The molecule has 3 aromatic carbocycles. The van der Waals surface area contributed by atoms with E-state index >= 15 is 0 Å². The molecule has 1 aliphatic rings. The average molecular weight is 693 g/mol. The van der Waals surface area contributed by atoms with Gasteiger partial charge in [0, 0.05) is 18.7 Å². The Labute approximate surface area is 290 Å². The Morgan fingerprint density at radius 2 is 1.61 bits per heavy atom. The highest BCUT2D eigenvalue weighted by Gasteiger charge is 2.39. The highest BCUT2D eigenvalue weighted by atomic mass is 28.4. The van der Waals surface area contributed by atoms with Gasteiger partial charge in [-0.1, -0.05) is 51.1 Å². The van der Waals surface area contributed by atoms with E-state index in [9.17, 15) is 18.8 Å². The molecule has 1 N–H and O–H groups in total. The predicted molar refractivity (Wildman–Crippen MR) is 189 cm³/mol. The van der Waals surface area contributed by atoms with Crippen LogP contribution in [0.5, 0.6) is 11.5 Å². The van der Waals surface area contributed by atoms with Gasteiger partial charge in [-0.3, -0.25) is 4.79 Å². The summed E-state index contributed by atoms with van der Waals surface area (Å²) in [5.74, 6) is -0.985. The number of rotatable bonds is 9. The monoisotopic (exact) mass is 692 g/mol. The molecule has 2 amide bonds. The van der Waals surface area contributed by atoms with Crippen molar-refractivity contribution in [2.24, 2.45) is 0 Å². The van der Waals surface area contributed by atoms with E-state index in [-0.39, 0.29) is 29.5 Å². The Morgan fingerprint density at radius 3 is 2.24 bits per heavy atom. The third kappa shape index (κ3) is 10.6. The lowest BCUT2D eigenvalue weighted by molar-refractivity contribution is 0.0124. The number of likely N-dealkylation sites (tertiary alicyclic amines) is 1. The van der Waals surface area contributed by atoms with Gasteiger partial charge in [0.15, 0.2) is 0 Å². The first-order valence-corrected chi connectivity index (χ1v) is 19.6. The smallest absolute Gasteiger partial charge is 0.410 e. The van der Waals surface area contributed by atoms with Gasteiger partial charge in [-0.15, -0.1) is 0 Å². The molecular weight excluding hydrogens is 644 g/mol. The molecule has 49 heavy (non-hydrogen) atoms. The van der Waals surface area contributed by atoms with E-state index in [1.165, 1.54) is 17.0 Å². The van der Waals surface area contributed by atoms with Gasteiger partial charge in [-0.25, -0.2) is 14.0 Å². The highest BCUT2D eigenvalue weighted by Crippen LogP contribution is 2.37. The van der Waals surface area contributed by atoms with Crippen LogP contribution in [-0.2, 0) is 16.1 Å². The zero-order chi connectivity index (χ0) is 36.0. The standard InChI is InChI=1S/C38H49FN2O7Si/c1-37(2,3)47-36(44)41-22-12-15-33(46-35(43)30-23-28(39)18-21-32(30)45-25-26-13-10-9-11-14-26)31(24-41)40-34(42)27-16-19-29(20-17-27)48-49(7,8)38(4,5)6/h9-11,13-14,16-21,23,31,33H,12,15,22,24-25H2,1-8H3,(H,40,42)/t31-,33-/m1/s1. The van der Waals surface area contributed by atoms with Crippen molar-refractivity contribution in [2.75, 3.05) is 13.1 Å². The molecule has 0 aliphatic carbocycles. The van der Waals surface area contributed by atoms with Gasteiger partial charge in [-0.05, 0) is 99.8 Å². The SMILES string of the molecule is CC(C)(C)OC(=O)N1CCC[C@@H](OC(=O)c2cc(F)ccc2OCc2ccccc2)[C@H](NC(=O)c2ccc(O[Si](C)(C)C(C)(C)C)cc2)C1. The van der Waals surface area contributed by atoms with E-state index in [2.05, 4.69) is 39.2 Å². The highest BCUT2D eigenvalue weighted by molar-refractivity contribution is 6.74. The van der Waals surface area contributed by atoms with E-state index in [0.717, 1.165) is 11.6 Å². The molecule has 264 valence electrons. The van der Waals surface area contributed by atoms with E-state index in [1.807, 2.05) is 30.3 Å². The van der Waals surface area contributed by atoms with Crippen molar-refractivity contribution in [3.63, 3.8) is 0 Å². The minimum atomic E-state index is -2.08. The Bertz CT molecular complexity index is 1600. The van der Waals surface area contributed by atoms with Crippen LogP contribution in [-0.4, -0.2) is 62.0 Å². The second-order valence-electron chi connectivity index (χ2n) is 14.9. The number of amides is 2. The largest absolute Gasteiger partial charge is 0.544 e. The van der Waals surface area contributed by atoms with Crippen molar-refractivity contribution >= 4 is 26.3 Å². The van der Waals surface area contributed by atoms with E-state index in [4.69, 9.17) is 18.6 Å². The van der Waals surface area contributed by atoms with Gasteiger partial charge in [0.25, 0.3) is 5.91 Å². The van der Waals surface area contributed by atoms with Crippen LogP contribution in [0.1, 0.15) is 80.7 Å². The number of esters is 1. The lowest BCUT2D eigenvalue weighted by atomic mass is 10.1. The summed E-state index contributed by atoms with van der Waals surface area (Å²) in [4.78, 5) is 41.9. The second-order valence-corrected chi connectivity index (χ2v) is 19.6. The minimum absolute atomic E-state index is 0.00923. The number of carbonyl (C=O) groups is 3. The topological polar surface area (TPSA) is 103 Å². The lowest BCUT2D eigenvalue weighted by Gasteiger charge is -2.36. The van der Waals surface area contributed by atoms with Crippen molar-refractivity contribution in [2.45, 2.75) is 96.9 Å². The van der Waals surface area contributed by atoms with Crippen LogP contribution in [0.25, 0.3) is 0 Å². The van der Waals surface area contributed by atoms with Gasteiger partial charge in [0.1, 0.15) is 41.2 Å². The summed E-state index contributed by atoms with van der Waals surface area (Å²) in [6.07, 6.45) is -0.558. The van der Waals surface area contributed by atoms with Crippen LogP contribution in [0.4, 0.5) is 9.18 Å². The maximum absolute atomic E-state index is 14.4. The van der Waals surface area contributed by atoms with Crippen LogP contribution >= 0.6 is 0 Å². The maximum Gasteiger partial charge on any atom is 0.410 e. The quantitative estimate of drug-likeness (QED) is 0.178. The summed E-state index contributed by atoms with van der Waals surface area (Å²) in [6, 6.07) is 19.2. The molecular formula is C38H49FN2O7Si. The Hall–Kier alpha value is -4.38. The molecule has 0 bridgehead atoms. The Morgan fingerprint density at radius 1 is 0.939 bits per heavy atom. The Kier molecular flexibility index (Phi) is 11.8. The summed E-state index contributed by atoms with van der Waals surface area (Å²) >= 11 is 0. The third-order valence-corrected chi connectivity index (χ3v) is 13.1. The molecule has 1 aliphatic heterocycles. The molecule has 0 unspecified atom stereocenters. The maximum atomic E-state index is 14.4. The lowest BCUT2D eigenvalue weighted by Crippen LogP contribution is -2.51. The number of halogens is 1. The van der Waals surface area contributed by atoms with Crippen LogP contribution < -0.4 is 14.5 Å². The van der Waals surface area contributed by atoms with Crippen molar-refractivity contribution in [3.05, 3.63) is 95.3 Å². The molecule has 0 radical (unpaired) electrons. The summed E-state index contributed by atoms with van der Waals surface area (Å²) in [5.41, 5.74) is 0.448. The number of nitrogens with one attached hydrogen (secondary N) is 1. The van der Waals surface area contributed by atoms with Gasteiger partial charge in [0.05, 0.1) is 6.04 Å². The van der Waals surface area contributed by atoms with Crippen LogP contribution in [0.2, 0.25) is 18.1 Å². The third-order valence-electron chi connectivity index (χ3n) is 8.70. The predicted octanol–water partition coefficient (Wildman–Crippen LogP) is 8.14. The number of ether oxygens (including phenoxy) is 3. The molecule has 0 saturated carbocycles. The van der Waals surface area contributed by atoms with Gasteiger partial charge < -0.3 is 28.9 Å². The number of hydrogen-bond acceptors (Lipinski definition) is 7. The molecule has 11 heteroatoms. The first kappa shape index (κ1) is 37.4. The normalized spacial score (nSPS) is 17.0. The van der Waals surface area contributed by atoms with Gasteiger partial charge in [-0.2, -0.15) is 0 Å². The van der Waals surface area contributed by atoms with Crippen LogP contribution in [0, 0.1) is 5.82 Å². The average Bonchev–Trinajstić information content (AvgIpc) is 3.21. The molecule has 3 aromatic rings. The Balaban J connectivity index is 1.55. The molecule has 4 rings (SSSR count). The summed E-state index contributed by atoms with van der Waals surface area (Å²) < 4.78 is 38.3. The molecule has 1 saturated heterocycles. The summed E-state index contributed by atoms with van der Waals surface area (Å²) in [5, 5.41) is 3.00. The van der Waals surface area contributed by atoms with E-state index in [0.29, 0.717) is 30.7 Å². The van der Waals surface area contributed by atoms with Crippen molar-refractivity contribution in [3.8, 4) is 11.5 Å². The fraction of sp³-hybridized carbons (Fsp3) is 0.447. The first-order chi connectivity index (χ1) is 22.9. The van der Waals surface area contributed by atoms with Crippen molar-refractivity contribution < 1.29 is 37.4 Å². The van der Waals surface area contributed by atoms with E-state index in [1.54, 1.807) is 45.0 Å². The molecule has 1 fully saturated rings. The fourth-order valence-electron chi connectivity index (χ4n) is 5.00. The molecule has 2 atom stereocenters. The van der Waals surface area contributed by atoms with E-state index < -0.39 is 49.9 Å². The second kappa shape index (κ2) is 15.4. The zero-order valence-corrected chi connectivity index (χ0v) is 30.8. The number of nitrogens with zero attached hydrogens (tertiary/aromatic N) is 1. The summed E-state index contributed by atoms with van der Waals surface area (Å²) in [7, 11) is -2.08. The molecule has 0 aromatic heterocycles.